The molecule has 0 fully saturated rings. The second-order valence-corrected chi connectivity index (χ2v) is 6.31. The molecule has 0 aliphatic rings. The van der Waals surface area contributed by atoms with Gasteiger partial charge >= 0.3 is 18.1 Å². The zero-order chi connectivity index (χ0) is 22.4. The Bertz CT molecular complexity index is 1110. The van der Waals surface area contributed by atoms with Crippen LogP contribution in [-0.4, -0.2) is 39.4 Å². The lowest BCUT2D eigenvalue weighted by molar-refractivity contribution is -0.193. The Morgan fingerprint density at radius 2 is 1.84 bits per heavy atom. The van der Waals surface area contributed by atoms with E-state index >= 15 is 0 Å². The average molecular weight is 430 g/mol. The topological polar surface area (TPSA) is 100 Å². The monoisotopic (exact) mass is 430 g/mol. The van der Waals surface area contributed by atoms with Crippen LogP contribution in [0.5, 0.6) is 0 Å². The number of esters is 2. The smallest absolute Gasteiger partial charge is 0.381 e. The molecule has 2 aromatic heterocycles. The molecule has 2 N–H and O–H groups in total. The lowest BCUT2D eigenvalue weighted by Crippen LogP contribution is -2.29. The molecule has 160 valence electrons. The molecular formula is C21H17F3N4O3. The SMILES string of the molecule is NCCn1nc(-c2ccnc(C=Cc3ccccc3)c2)cc1C(=O)OC(=O)C(F)(F)F. The van der Waals surface area contributed by atoms with Crippen molar-refractivity contribution in [3.05, 3.63) is 71.7 Å². The van der Waals surface area contributed by atoms with E-state index in [1.54, 1.807) is 18.2 Å². The maximum absolute atomic E-state index is 12.4. The van der Waals surface area contributed by atoms with Crippen molar-refractivity contribution < 1.29 is 27.5 Å². The van der Waals surface area contributed by atoms with E-state index in [0.29, 0.717) is 11.3 Å². The zero-order valence-corrected chi connectivity index (χ0v) is 16.0. The summed E-state index contributed by atoms with van der Waals surface area (Å²) in [5.41, 5.74) is 7.59. The lowest BCUT2D eigenvalue weighted by atomic mass is 10.1. The Balaban J connectivity index is 1.88. The highest BCUT2D eigenvalue weighted by atomic mass is 19.4. The number of alkyl halides is 3. The quantitative estimate of drug-likeness (QED) is 0.476. The van der Waals surface area contributed by atoms with E-state index in [9.17, 15) is 22.8 Å². The van der Waals surface area contributed by atoms with Gasteiger partial charge in [0.1, 0.15) is 5.69 Å². The molecule has 10 heteroatoms. The van der Waals surface area contributed by atoms with Gasteiger partial charge < -0.3 is 10.5 Å². The first-order valence-corrected chi connectivity index (χ1v) is 9.09. The van der Waals surface area contributed by atoms with Crippen molar-refractivity contribution in [1.29, 1.82) is 0 Å². The van der Waals surface area contributed by atoms with Gasteiger partial charge in [0, 0.05) is 18.3 Å². The molecule has 0 bridgehead atoms. The summed E-state index contributed by atoms with van der Waals surface area (Å²) in [5.74, 6) is -4.07. The van der Waals surface area contributed by atoms with Gasteiger partial charge in [-0.25, -0.2) is 9.59 Å². The van der Waals surface area contributed by atoms with Gasteiger partial charge in [-0.1, -0.05) is 36.4 Å². The first kappa shape index (κ1) is 21.9. The summed E-state index contributed by atoms with van der Waals surface area (Å²) >= 11 is 0. The summed E-state index contributed by atoms with van der Waals surface area (Å²) < 4.78 is 42.2. The molecule has 2 heterocycles. The molecule has 0 unspecified atom stereocenters. The van der Waals surface area contributed by atoms with Gasteiger partial charge in [0.2, 0.25) is 0 Å². The lowest BCUT2D eigenvalue weighted by Gasteiger charge is -2.07. The fraction of sp³-hybridized carbons (Fsp3) is 0.143. The van der Waals surface area contributed by atoms with E-state index in [1.165, 1.54) is 12.3 Å². The maximum atomic E-state index is 12.4. The summed E-state index contributed by atoms with van der Waals surface area (Å²) in [7, 11) is 0. The van der Waals surface area contributed by atoms with Crippen molar-refractivity contribution in [3.63, 3.8) is 0 Å². The van der Waals surface area contributed by atoms with Crippen LogP contribution in [-0.2, 0) is 16.1 Å². The second kappa shape index (κ2) is 9.35. The van der Waals surface area contributed by atoms with E-state index < -0.39 is 18.1 Å². The Morgan fingerprint density at radius 3 is 2.52 bits per heavy atom. The predicted octanol–water partition coefficient (Wildman–Crippen LogP) is 3.32. The molecule has 0 aliphatic carbocycles. The first-order valence-electron chi connectivity index (χ1n) is 9.09. The van der Waals surface area contributed by atoms with Crippen LogP contribution >= 0.6 is 0 Å². The molecule has 0 saturated carbocycles. The Kier molecular flexibility index (Phi) is 6.61. The molecule has 1 aromatic carbocycles. The van der Waals surface area contributed by atoms with Crippen molar-refractivity contribution in [2.24, 2.45) is 5.73 Å². The minimum Gasteiger partial charge on any atom is -0.381 e. The molecule has 0 radical (unpaired) electrons. The van der Waals surface area contributed by atoms with Crippen LogP contribution in [0.4, 0.5) is 13.2 Å². The Hall–Kier alpha value is -3.79. The number of rotatable bonds is 6. The number of benzene rings is 1. The average Bonchev–Trinajstić information content (AvgIpc) is 3.17. The summed E-state index contributed by atoms with van der Waals surface area (Å²) in [6.07, 6.45) is -0.104. The first-order chi connectivity index (χ1) is 14.8. The molecule has 0 spiro atoms. The number of carbonyl (C=O) groups excluding carboxylic acids is 2. The Morgan fingerprint density at radius 1 is 1.10 bits per heavy atom. The van der Waals surface area contributed by atoms with Crippen LogP contribution in [0.2, 0.25) is 0 Å². The number of carbonyl (C=O) groups is 2. The largest absolute Gasteiger partial charge is 0.491 e. The van der Waals surface area contributed by atoms with Crippen molar-refractivity contribution in [2.75, 3.05) is 6.54 Å². The Labute approximate surface area is 175 Å². The highest BCUT2D eigenvalue weighted by Crippen LogP contribution is 2.22. The highest BCUT2D eigenvalue weighted by Gasteiger charge is 2.43. The van der Waals surface area contributed by atoms with E-state index in [0.717, 1.165) is 10.2 Å². The van der Waals surface area contributed by atoms with Crippen molar-refractivity contribution >= 4 is 24.1 Å². The van der Waals surface area contributed by atoms with Gasteiger partial charge in [0.15, 0.2) is 0 Å². The van der Waals surface area contributed by atoms with E-state index in [-0.39, 0.29) is 24.5 Å². The normalized spacial score (nSPS) is 11.6. The fourth-order valence-corrected chi connectivity index (χ4v) is 2.65. The summed E-state index contributed by atoms with van der Waals surface area (Å²) in [6.45, 7) is 0.104. The van der Waals surface area contributed by atoms with Crippen LogP contribution in [0, 0.1) is 0 Å². The van der Waals surface area contributed by atoms with Crippen molar-refractivity contribution in [1.82, 2.24) is 14.8 Å². The summed E-state index contributed by atoms with van der Waals surface area (Å²) in [5, 5.41) is 4.21. The molecule has 31 heavy (non-hydrogen) atoms. The van der Waals surface area contributed by atoms with Gasteiger partial charge in [0.25, 0.3) is 0 Å². The molecular weight excluding hydrogens is 413 g/mol. The number of hydrogen-bond donors (Lipinski definition) is 1. The standard InChI is InChI=1S/C21H17F3N4O3/c22-21(23,24)20(30)31-19(29)18-13-17(27-28(18)11-9-25)15-8-10-26-16(12-15)7-6-14-4-2-1-3-5-14/h1-8,10,12-13H,9,11,25H2. The van der Waals surface area contributed by atoms with Gasteiger partial charge in [-0.05, 0) is 29.8 Å². The fourth-order valence-electron chi connectivity index (χ4n) is 2.65. The minimum absolute atomic E-state index is 0.0382. The minimum atomic E-state index is -5.29. The second-order valence-electron chi connectivity index (χ2n) is 6.31. The summed E-state index contributed by atoms with van der Waals surface area (Å²) in [6, 6.07) is 14.1. The summed E-state index contributed by atoms with van der Waals surface area (Å²) in [4.78, 5) is 27.3. The van der Waals surface area contributed by atoms with Crippen LogP contribution in [0.3, 0.4) is 0 Å². The van der Waals surface area contributed by atoms with E-state index in [1.807, 2.05) is 36.4 Å². The molecule has 0 amide bonds. The third-order valence-electron chi connectivity index (χ3n) is 4.07. The third-order valence-corrected chi connectivity index (χ3v) is 4.07. The van der Waals surface area contributed by atoms with Crippen LogP contribution in [0.25, 0.3) is 23.4 Å². The number of halogens is 3. The van der Waals surface area contributed by atoms with Gasteiger partial charge in [-0.2, -0.15) is 18.3 Å². The van der Waals surface area contributed by atoms with Gasteiger partial charge in [0.05, 0.1) is 17.9 Å². The number of hydrogen-bond acceptors (Lipinski definition) is 6. The van der Waals surface area contributed by atoms with Crippen molar-refractivity contribution in [3.8, 4) is 11.3 Å². The maximum Gasteiger partial charge on any atom is 0.491 e. The van der Waals surface area contributed by atoms with E-state index in [4.69, 9.17) is 5.73 Å². The highest BCUT2D eigenvalue weighted by molar-refractivity contribution is 5.97. The molecule has 0 saturated heterocycles. The third kappa shape index (κ3) is 5.64. The van der Waals surface area contributed by atoms with Crippen LogP contribution in [0.15, 0.2) is 54.7 Å². The van der Waals surface area contributed by atoms with Gasteiger partial charge in [-0.15, -0.1) is 0 Å². The van der Waals surface area contributed by atoms with Gasteiger partial charge in [-0.3, -0.25) is 9.67 Å². The number of ether oxygens (including phenoxy) is 1. The molecule has 3 rings (SSSR count). The van der Waals surface area contributed by atoms with E-state index in [2.05, 4.69) is 14.8 Å². The predicted molar refractivity (Wildman–Crippen MR) is 106 cm³/mol. The van der Waals surface area contributed by atoms with Crippen LogP contribution < -0.4 is 5.73 Å². The molecule has 3 aromatic rings. The number of nitrogens with zero attached hydrogens (tertiary/aromatic N) is 3. The van der Waals surface area contributed by atoms with Crippen molar-refractivity contribution in [2.45, 2.75) is 12.7 Å². The zero-order valence-electron chi connectivity index (χ0n) is 16.0. The molecule has 7 nitrogen and oxygen atoms in total. The number of nitrogens with two attached hydrogens (primary N) is 1. The number of pyridine rings is 1. The van der Waals surface area contributed by atoms with Crippen LogP contribution in [0.1, 0.15) is 21.7 Å². The number of aromatic nitrogens is 3. The molecule has 0 aliphatic heterocycles. The molecule has 0 atom stereocenters.